The third-order valence-electron chi connectivity index (χ3n) is 1.75. The second-order valence-electron chi connectivity index (χ2n) is 4.35. The van der Waals surface area contributed by atoms with Crippen LogP contribution in [0.25, 0.3) is 0 Å². The molecule has 0 amide bonds. The molecule has 0 fully saturated rings. The third-order valence-corrected chi connectivity index (χ3v) is 1.75. The minimum Gasteiger partial charge on any atom is -0.457 e. The SMILES string of the molecule is C=C=CC(CCC)OC(=O)C(C)(C)C. The Morgan fingerprint density at radius 2 is 2.14 bits per heavy atom. The van der Waals surface area contributed by atoms with Crippen LogP contribution in [0.5, 0.6) is 0 Å². The van der Waals surface area contributed by atoms with Gasteiger partial charge in [-0.15, -0.1) is 5.73 Å². The maximum absolute atomic E-state index is 11.5. The summed E-state index contributed by atoms with van der Waals surface area (Å²) < 4.78 is 5.30. The van der Waals surface area contributed by atoms with Gasteiger partial charge in [-0.1, -0.05) is 19.9 Å². The predicted octanol–water partition coefficient (Wildman–Crippen LogP) is 3.09. The van der Waals surface area contributed by atoms with Gasteiger partial charge in [0, 0.05) is 0 Å². The Morgan fingerprint density at radius 1 is 1.57 bits per heavy atom. The van der Waals surface area contributed by atoms with Crippen LogP contribution in [0.3, 0.4) is 0 Å². The molecule has 14 heavy (non-hydrogen) atoms. The predicted molar refractivity (Wildman–Crippen MR) is 58.0 cm³/mol. The molecule has 0 aromatic heterocycles. The fraction of sp³-hybridized carbons (Fsp3) is 0.667. The lowest BCUT2D eigenvalue weighted by Crippen LogP contribution is -2.27. The quantitative estimate of drug-likeness (QED) is 0.510. The highest BCUT2D eigenvalue weighted by Gasteiger charge is 2.25. The zero-order chi connectivity index (χ0) is 11.2. The average Bonchev–Trinajstić information content (AvgIpc) is 2.03. The van der Waals surface area contributed by atoms with Crippen molar-refractivity contribution in [3.63, 3.8) is 0 Å². The molecular weight excluding hydrogens is 176 g/mol. The lowest BCUT2D eigenvalue weighted by Gasteiger charge is -2.20. The lowest BCUT2D eigenvalue weighted by molar-refractivity contribution is -0.156. The highest BCUT2D eigenvalue weighted by Crippen LogP contribution is 2.17. The van der Waals surface area contributed by atoms with Crippen LogP contribution in [0.1, 0.15) is 40.5 Å². The number of esters is 1. The summed E-state index contributed by atoms with van der Waals surface area (Å²) in [4.78, 5) is 11.5. The van der Waals surface area contributed by atoms with E-state index in [1.807, 2.05) is 20.8 Å². The normalized spacial score (nSPS) is 12.9. The highest BCUT2D eigenvalue weighted by atomic mass is 16.5. The number of ether oxygens (including phenoxy) is 1. The van der Waals surface area contributed by atoms with Crippen molar-refractivity contribution in [3.8, 4) is 0 Å². The molecule has 0 aliphatic rings. The van der Waals surface area contributed by atoms with E-state index in [2.05, 4.69) is 19.2 Å². The lowest BCUT2D eigenvalue weighted by atomic mass is 9.97. The molecule has 2 nitrogen and oxygen atoms in total. The maximum Gasteiger partial charge on any atom is 0.311 e. The van der Waals surface area contributed by atoms with Crippen molar-refractivity contribution in [2.24, 2.45) is 5.41 Å². The van der Waals surface area contributed by atoms with Crippen LogP contribution in [-0.2, 0) is 9.53 Å². The molecule has 0 bridgehead atoms. The first-order valence-corrected chi connectivity index (χ1v) is 4.98. The van der Waals surface area contributed by atoms with E-state index in [4.69, 9.17) is 4.74 Å². The minimum atomic E-state index is -0.443. The minimum absolute atomic E-state index is 0.177. The molecule has 0 aromatic carbocycles. The Bertz CT molecular complexity index is 229. The van der Waals surface area contributed by atoms with Crippen molar-refractivity contribution in [3.05, 3.63) is 18.4 Å². The fourth-order valence-electron chi connectivity index (χ4n) is 0.907. The topological polar surface area (TPSA) is 26.3 Å². The maximum atomic E-state index is 11.5. The molecule has 0 spiro atoms. The Morgan fingerprint density at radius 3 is 2.50 bits per heavy atom. The molecule has 0 saturated carbocycles. The first-order valence-electron chi connectivity index (χ1n) is 4.98. The second-order valence-corrected chi connectivity index (χ2v) is 4.35. The van der Waals surface area contributed by atoms with Gasteiger partial charge in [0.2, 0.25) is 0 Å². The van der Waals surface area contributed by atoms with Crippen LogP contribution in [-0.4, -0.2) is 12.1 Å². The zero-order valence-electron chi connectivity index (χ0n) is 9.59. The number of rotatable bonds is 4. The summed E-state index contributed by atoms with van der Waals surface area (Å²) in [5.74, 6) is -0.178. The molecule has 0 radical (unpaired) electrons. The van der Waals surface area contributed by atoms with Gasteiger partial charge >= 0.3 is 5.97 Å². The molecule has 0 rings (SSSR count). The van der Waals surface area contributed by atoms with E-state index in [1.165, 1.54) is 0 Å². The van der Waals surface area contributed by atoms with Crippen molar-refractivity contribution in [2.45, 2.75) is 46.6 Å². The number of carbonyl (C=O) groups is 1. The van der Waals surface area contributed by atoms with Crippen molar-refractivity contribution in [2.75, 3.05) is 0 Å². The Labute approximate surface area is 86.6 Å². The van der Waals surface area contributed by atoms with Crippen LogP contribution in [0.4, 0.5) is 0 Å². The van der Waals surface area contributed by atoms with Gasteiger partial charge in [-0.25, -0.2) is 0 Å². The van der Waals surface area contributed by atoms with Gasteiger partial charge in [0.25, 0.3) is 0 Å². The van der Waals surface area contributed by atoms with Gasteiger partial charge in [0.15, 0.2) is 0 Å². The summed E-state index contributed by atoms with van der Waals surface area (Å²) >= 11 is 0. The van der Waals surface area contributed by atoms with Gasteiger partial charge in [-0.3, -0.25) is 4.79 Å². The molecule has 0 aliphatic carbocycles. The zero-order valence-corrected chi connectivity index (χ0v) is 9.59. The van der Waals surface area contributed by atoms with Crippen LogP contribution in [0.2, 0.25) is 0 Å². The molecule has 0 aromatic rings. The van der Waals surface area contributed by atoms with Crippen LogP contribution in [0.15, 0.2) is 18.4 Å². The van der Waals surface area contributed by atoms with Gasteiger partial charge < -0.3 is 4.74 Å². The van der Waals surface area contributed by atoms with Gasteiger partial charge in [0.1, 0.15) is 6.10 Å². The fourth-order valence-corrected chi connectivity index (χ4v) is 0.907. The molecule has 0 heterocycles. The van der Waals surface area contributed by atoms with E-state index < -0.39 is 5.41 Å². The standard InChI is InChI=1S/C12H20O2/c1-6-8-10(9-7-2)14-11(13)12(3,4)5/h8,10H,1,7,9H2,2-5H3. The average molecular weight is 196 g/mol. The molecule has 0 saturated heterocycles. The summed E-state index contributed by atoms with van der Waals surface area (Å²) in [6, 6.07) is 0. The van der Waals surface area contributed by atoms with E-state index >= 15 is 0 Å². The number of carbonyl (C=O) groups excluding carboxylic acids is 1. The van der Waals surface area contributed by atoms with E-state index in [0.717, 1.165) is 12.8 Å². The van der Waals surface area contributed by atoms with Crippen LogP contribution in [0, 0.1) is 5.41 Å². The van der Waals surface area contributed by atoms with Crippen molar-refractivity contribution in [1.82, 2.24) is 0 Å². The first kappa shape index (κ1) is 13.0. The van der Waals surface area contributed by atoms with Gasteiger partial charge in [0.05, 0.1) is 5.41 Å². The number of hydrogen-bond acceptors (Lipinski definition) is 2. The molecule has 0 aliphatic heterocycles. The summed E-state index contributed by atoms with van der Waals surface area (Å²) in [6.07, 6.45) is 3.32. The van der Waals surface area contributed by atoms with E-state index in [1.54, 1.807) is 6.08 Å². The third kappa shape index (κ3) is 4.88. The Hall–Kier alpha value is -1.01. The monoisotopic (exact) mass is 196 g/mol. The van der Waals surface area contributed by atoms with Crippen molar-refractivity contribution in [1.29, 1.82) is 0 Å². The molecule has 1 unspecified atom stereocenters. The van der Waals surface area contributed by atoms with Gasteiger partial charge in [-0.2, -0.15) is 0 Å². The van der Waals surface area contributed by atoms with Gasteiger partial charge in [-0.05, 0) is 33.3 Å². The smallest absolute Gasteiger partial charge is 0.311 e. The van der Waals surface area contributed by atoms with E-state index in [0.29, 0.717) is 0 Å². The number of hydrogen-bond donors (Lipinski definition) is 0. The van der Waals surface area contributed by atoms with E-state index in [-0.39, 0.29) is 12.1 Å². The van der Waals surface area contributed by atoms with Crippen LogP contribution < -0.4 is 0 Å². The first-order chi connectivity index (χ1) is 6.41. The molecular formula is C12H20O2. The molecule has 2 heteroatoms. The Kier molecular flexibility index (Phi) is 5.26. The second kappa shape index (κ2) is 5.66. The summed E-state index contributed by atoms with van der Waals surface area (Å²) in [5, 5.41) is 0. The molecule has 0 N–H and O–H groups in total. The molecule has 1 atom stereocenters. The van der Waals surface area contributed by atoms with Crippen molar-refractivity contribution < 1.29 is 9.53 Å². The summed E-state index contributed by atoms with van der Waals surface area (Å²) in [7, 11) is 0. The molecule has 80 valence electrons. The van der Waals surface area contributed by atoms with Crippen molar-refractivity contribution >= 4 is 5.97 Å². The Balaban J connectivity index is 4.30. The van der Waals surface area contributed by atoms with E-state index in [9.17, 15) is 4.79 Å². The van der Waals surface area contributed by atoms with Crippen LogP contribution >= 0.6 is 0 Å². The highest BCUT2D eigenvalue weighted by molar-refractivity contribution is 5.75. The summed E-state index contributed by atoms with van der Waals surface area (Å²) in [5.41, 5.74) is 2.21. The largest absolute Gasteiger partial charge is 0.457 e. The summed E-state index contributed by atoms with van der Waals surface area (Å²) in [6.45, 7) is 11.1.